The zero-order chi connectivity index (χ0) is 15.4. The molecule has 0 spiro atoms. The Morgan fingerprint density at radius 1 is 1.24 bits per heavy atom. The number of hydrogen-bond acceptors (Lipinski definition) is 3. The van der Waals surface area contributed by atoms with Crippen LogP contribution < -0.4 is 5.32 Å². The fourth-order valence-corrected chi connectivity index (χ4v) is 3.86. The van der Waals surface area contributed by atoms with Crippen LogP contribution in [0.1, 0.15) is 26.7 Å². The highest BCUT2D eigenvalue weighted by Gasteiger charge is 2.72. The lowest BCUT2D eigenvalue weighted by molar-refractivity contribution is -0.147. The molecule has 21 heavy (non-hydrogen) atoms. The second kappa shape index (κ2) is 4.23. The summed E-state index contributed by atoms with van der Waals surface area (Å²) in [4.78, 5) is 37.0. The predicted molar refractivity (Wildman–Crippen MR) is 74.0 cm³/mol. The Kier molecular flexibility index (Phi) is 2.80. The van der Waals surface area contributed by atoms with Gasteiger partial charge in [-0.3, -0.25) is 14.4 Å². The number of Topliss-reactive ketones (excluding diaryl/α,β-unsaturated/α-hetero) is 2. The molecule has 2 aliphatic rings. The van der Waals surface area contributed by atoms with E-state index >= 15 is 0 Å². The summed E-state index contributed by atoms with van der Waals surface area (Å²) in [6.07, 6.45) is 0.955. The lowest BCUT2D eigenvalue weighted by atomic mass is 9.68. The molecular formula is C16H16FNO3. The predicted octanol–water partition coefficient (Wildman–Crippen LogP) is 2.34. The smallest absolute Gasteiger partial charge is 0.239 e. The van der Waals surface area contributed by atoms with Crippen molar-refractivity contribution < 1.29 is 18.8 Å². The molecule has 2 atom stereocenters. The quantitative estimate of drug-likeness (QED) is 0.671. The van der Waals surface area contributed by atoms with Crippen molar-refractivity contribution in [1.82, 2.24) is 0 Å². The van der Waals surface area contributed by atoms with Gasteiger partial charge in [0, 0.05) is 11.6 Å². The van der Waals surface area contributed by atoms with Gasteiger partial charge in [-0.25, -0.2) is 4.39 Å². The van der Waals surface area contributed by atoms with E-state index in [1.165, 1.54) is 24.3 Å². The van der Waals surface area contributed by atoms with E-state index in [0.717, 1.165) is 0 Å². The van der Waals surface area contributed by atoms with Crippen LogP contribution in [0.3, 0.4) is 0 Å². The minimum absolute atomic E-state index is 0.371. The molecule has 0 aliphatic heterocycles. The largest absolute Gasteiger partial charge is 0.325 e. The summed E-state index contributed by atoms with van der Waals surface area (Å²) in [6.45, 7) is 3.61. The highest BCUT2D eigenvalue weighted by molar-refractivity contribution is 6.48. The minimum atomic E-state index is -1.29. The normalized spacial score (nSPS) is 29.8. The summed E-state index contributed by atoms with van der Waals surface area (Å²) in [5, 5.41) is 2.66. The molecule has 2 bridgehead atoms. The van der Waals surface area contributed by atoms with Crippen LogP contribution in [0, 0.1) is 22.6 Å². The number of nitrogens with one attached hydrogen (secondary N) is 1. The highest BCUT2D eigenvalue weighted by Crippen LogP contribution is 2.62. The van der Waals surface area contributed by atoms with E-state index in [1.807, 2.05) is 0 Å². The second-order valence-electron chi connectivity index (χ2n) is 6.37. The number of carbonyl (C=O) groups excluding carboxylic acids is 3. The third-order valence-corrected chi connectivity index (χ3v) is 5.20. The van der Waals surface area contributed by atoms with Gasteiger partial charge in [0.15, 0.2) is 0 Å². The van der Waals surface area contributed by atoms with Crippen LogP contribution in [-0.2, 0) is 14.4 Å². The standard InChI is InChI=1S/C16H16FNO3/c1-15(2)11-7-8-16(15,13(20)12(11)19)14(21)18-10-5-3-9(17)4-6-10/h3-6,11H,7-8H2,1-2H3,(H,18,21). The first kappa shape index (κ1) is 13.9. The molecule has 0 aromatic heterocycles. The number of halogens is 1. The topological polar surface area (TPSA) is 63.2 Å². The summed E-state index contributed by atoms with van der Waals surface area (Å²) < 4.78 is 12.9. The number of benzene rings is 1. The Morgan fingerprint density at radius 3 is 2.38 bits per heavy atom. The number of amides is 1. The monoisotopic (exact) mass is 289 g/mol. The maximum absolute atomic E-state index is 12.9. The first-order valence-corrected chi connectivity index (χ1v) is 6.96. The first-order chi connectivity index (χ1) is 9.80. The summed E-state index contributed by atoms with van der Waals surface area (Å²) in [5.74, 6) is -2.25. The number of fused-ring (bicyclic) bond motifs is 2. The van der Waals surface area contributed by atoms with Gasteiger partial charge in [-0.1, -0.05) is 13.8 Å². The molecule has 2 saturated carbocycles. The molecule has 1 amide bonds. The molecule has 3 rings (SSSR count). The Hall–Kier alpha value is -2.04. The Bertz CT molecular complexity index is 650. The van der Waals surface area contributed by atoms with Crippen LogP contribution in [0.2, 0.25) is 0 Å². The zero-order valence-electron chi connectivity index (χ0n) is 11.9. The third kappa shape index (κ3) is 1.63. The summed E-state index contributed by atoms with van der Waals surface area (Å²) in [6, 6.07) is 5.34. The molecule has 1 aromatic carbocycles. The first-order valence-electron chi connectivity index (χ1n) is 6.96. The summed E-state index contributed by atoms with van der Waals surface area (Å²) >= 11 is 0. The molecule has 2 unspecified atom stereocenters. The average Bonchev–Trinajstić information content (AvgIpc) is 2.78. The SMILES string of the molecule is CC1(C)C2CCC1(C(=O)Nc1ccc(F)cc1)C(=O)C2=O. The van der Waals surface area contributed by atoms with Gasteiger partial charge in [-0.05, 0) is 42.5 Å². The molecule has 0 heterocycles. The molecule has 110 valence electrons. The Balaban J connectivity index is 1.95. The van der Waals surface area contributed by atoms with Gasteiger partial charge in [0.2, 0.25) is 17.5 Å². The van der Waals surface area contributed by atoms with E-state index in [-0.39, 0.29) is 5.92 Å². The summed E-state index contributed by atoms with van der Waals surface area (Å²) in [7, 11) is 0. The van der Waals surface area contributed by atoms with Gasteiger partial charge in [-0.15, -0.1) is 0 Å². The van der Waals surface area contributed by atoms with Crippen molar-refractivity contribution in [3.63, 3.8) is 0 Å². The minimum Gasteiger partial charge on any atom is -0.325 e. The van der Waals surface area contributed by atoms with E-state index in [2.05, 4.69) is 5.32 Å². The van der Waals surface area contributed by atoms with Crippen molar-refractivity contribution >= 4 is 23.2 Å². The van der Waals surface area contributed by atoms with Crippen LogP contribution >= 0.6 is 0 Å². The molecule has 4 nitrogen and oxygen atoms in total. The molecule has 2 fully saturated rings. The number of anilines is 1. The van der Waals surface area contributed by atoms with Crippen LogP contribution in [0.25, 0.3) is 0 Å². The Labute approximate surface area is 121 Å². The average molecular weight is 289 g/mol. The maximum Gasteiger partial charge on any atom is 0.239 e. The van der Waals surface area contributed by atoms with Gasteiger partial charge < -0.3 is 5.32 Å². The number of rotatable bonds is 2. The van der Waals surface area contributed by atoms with Crippen LogP contribution in [0.4, 0.5) is 10.1 Å². The van der Waals surface area contributed by atoms with Crippen LogP contribution in [0.15, 0.2) is 24.3 Å². The van der Waals surface area contributed by atoms with Crippen LogP contribution in [-0.4, -0.2) is 17.5 Å². The summed E-state index contributed by atoms with van der Waals surface area (Å²) in [5.41, 5.74) is -1.55. The van der Waals surface area contributed by atoms with Crippen molar-refractivity contribution in [3.05, 3.63) is 30.1 Å². The van der Waals surface area contributed by atoms with Gasteiger partial charge >= 0.3 is 0 Å². The zero-order valence-corrected chi connectivity index (χ0v) is 11.9. The molecule has 2 aliphatic carbocycles. The Morgan fingerprint density at radius 2 is 1.86 bits per heavy atom. The van der Waals surface area contributed by atoms with E-state index in [1.54, 1.807) is 13.8 Å². The highest BCUT2D eigenvalue weighted by atomic mass is 19.1. The van der Waals surface area contributed by atoms with Gasteiger partial charge in [0.25, 0.3) is 0 Å². The molecule has 1 N–H and O–H groups in total. The van der Waals surface area contributed by atoms with E-state index < -0.39 is 34.1 Å². The van der Waals surface area contributed by atoms with Crippen molar-refractivity contribution in [2.45, 2.75) is 26.7 Å². The maximum atomic E-state index is 12.9. The number of carbonyl (C=O) groups is 3. The molecule has 0 saturated heterocycles. The van der Waals surface area contributed by atoms with Crippen molar-refractivity contribution in [1.29, 1.82) is 0 Å². The number of ketones is 2. The van der Waals surface area contributed by atoms with Gasteiger partial charge in [0.05, 0.1) is 0 Å². The molecule has 1 aromatic rings. The fraction of sp³-hybridized carbons (Fsp3) is 0.438. The van der Waals surface area contributed by atoms with E-state index in [9.17, 15) is 18.8 Å². The third-order valence-electron chi connectivity index (χ3n) is 5.20. The lowest BCUT2D eigenvalue weighted by Crippen LogP contribution is -2.47. The fourth-order valence-electron chi connectivity index (χ4n) is 3.86. The van der Waals surface area contributed by atoms with Gasteiger partial charge in [-0.2, -0.15) is 0 Å². The van der Waals surface area contributed by atoms with Gasteiger partial charge in [0.1, 0.15) is 11.2 Å². The van der Waals surface area contributed by atoms with Crippen LogP contribution in [0.5, 0.6) is 0 Å². The molecule has 0 radical (unpaired) electrons. The van der Waals surface area contributed by atoms with Crippen molar-refractivity contribution in [3.8, 4) is 0 Å². The number of hydrogen-bond donors (Lipinski definition) is 1. The van der Waals surface area contributed by atoms with E-state index in [4.69, 9.17) is 0 Å². The second-order valence-corrected chi connectivity index (χ2v) is 6.37. The van der Waals surface area contributed by atoms with E-state index in [0.29, 0.717) is 18.5 Å². The van der Waals surface area contributed by atoms with Crippen molar-refractivity contribution in [2.75, 3.05) is 5.32 Å². The molecule has 5 heteroatoms. The van der Waals surface area contributed by atoms with Crippen molar-refractivity contribution in [2.24, 2.45) is 16.7 Å². The molecular weight excluding hydrogens is 273 g/mol. The lowest BCUT2D eigenvalue weighted by Gasteiger charge is -2.33.